The van der Waals surface area contributed by atoms with Crippen LogP contribution < -0.4 is 5.32 Å². The molecule has 1 heterocycles. The number of anilines is 1. The van der Waals surface area contributed by atoms with E-state index in [4.69, 9.17) is 11.6 Å². The maximum atomic E-state index is 13.2. The van der Waals surface area contributed by atoms with Crippen molar-refractivity contribution in [2.75, 3.05) is 11.9 Å². The molecule has 0 saturated carbocycles. The third-order valence-corrected chi connectivity index (χ3v) is 5.85. The number of amides is 2. The molecule has 0 atom stereocenters. The molecule has 0 spiro atoms. The number of carbonyl (C=O) groups is 1. The van der Waals surface area contributed by atoms with E-state index < -0.39 is 0 Å². The summed E-state index contributed by atoms with van der Waals surface area (Å²) in [6.45, 7) is 3.05. The second-order valence-electron chi connectivity index (χ2n) is 7.77. The summed E-state index contributed by atoms with van der Waals surface area (Å²) in [7, 11) is 0. The average Bonchev–Trinajstić information content (AvgIpc) is 2.83. The van der Waals surface area contributed by atoms with Gasteiger partial charge in [0, 0.05) is 23.2 Å². The van der Waals surface area contributed by atoms with Crippen LogP contribution in [0.3, 0.4) is 0 Å². The quantitative estimate of drug-likeness (QED) is 0.322. The number of rotatable bonds is 7. The summed E-state index contributed by atoms with van der Waals surface area (Å²) < 4.78 is 0. The van der Waals surface area contributed by atoms with Crippen molar-refractivity contribution in [1.82, 2.24) is 9.88 Å². The Labute approximate surface area is 193 Å². The zero-order valence-corrected chi connectivity index (χ0v) is 18.8. The molecule has 0 unspecified atom stereocenters. The van der Waals surface area contributed by atoms with Gasteiger partial charge in [-0.3, -0.25) is 0 Å². The van der Waals surface area contributed by atoms with Crippen LogP contribution in [-0.2, 0) is 19.4 Å². The summed E-state index contributed by atoms with van der Waals surface area (Å²) >= 11 is 6.49. The molecule has 0 aliphatic rings. The van der Waals surface area contributed by atoms with E-state index in [9.17, 15) is 4.79 Å². The highest BCUT2D eigenvalue weighted by Gasteiger charge is 2.17. The lowest BCUT2D eigenvalue weighted by atomic mass is 10.1. The van der Waals surface area contributed by atoms with Crippen LogP contribution in [0.4, 0.5) is 10.5 Å². The summed E-state index contributed by atoms with van der Waals surface area (Å²) in [4.78, 5) is 19.5. The van der Waals surface area contributed by atoms with Crippen LogP contribution in [0.15, 0.2) is 84.9 Å². The van der Waals surface area contributed by atoms with Gasteiger partial charge in [-0.2, -0.15) is 0 Å². The van der Waals surface area contributed by atoms with Crippen molar-refractivity contribution in [3.63, 3.8) is 0 Å². The molecule has 0 aliphatic heterocycles. The fraction of sp³-hybridized carbons (Fsp3) is 0.185. The van der Waals surface area contributed by atoms with Crippen molar-refractivity contribution in [3.05, 3.63) is 107 Å². The lowest BCUT2D eigenvalue weighted by Crippen LogP contribution is -2.36. The van der Waals surface area contributed by atoms with Crippen molar-refractivity contribution >= 4 is 34.2 Å². The van der Waals surface area contributed by atoms with Gasteiger partial charge in [-0.15, -0.1) is 0 Å². The van der Waals surface area contributed by atoms with E-state index in [2.05, 4.69) is 29.4 Å². The van der Waals surface area contributed by atoms with Gasteiger partial charge >= 0.3 is 6.03 Å². The summed E-state index contributed by atoms with van der Waals surface area (Å²) in [6.07, 6.45) is 1.71. The number of nitrogens with zero attached hydrogens (tertiary/aromatic N) is 2. The number of hydrogen-bond acceptors (Lipinski definition) is 2. The van der Waals surface area contributed by atoms with Crippen LogP contribution in [0.25, 0.3) is 10.9 Å². The molecule has 1 aromatic heterocycles. The number of hydrogen-bond donors (Lipinski definition) is 1. The van der Waals surface area contributed by atoms with Crippen LogP contribution in [-0.4, -0.2) is 22.5 Å². The number of pyridine rings is 1. The Kier molecular flexibility index (Phi) is 7.03. The minimum absolute atomic E-state index is 0.158. The maximum Gasteiger partial charge on any atom is 0.322 e. The fourth-order valence-electron chi connectivity index (χ4n) is 3.64. The Balaban J connectivity index is 1.56. The van der Waals surface area contributed by atoms with Gasteiger partial charge in [0.15, 0.2) is 0 Å². The first kappa shape index (κ1) is 21.8. The second-order valence-corrected chi connectivity index (χ2v) is 8.13. The molecule has 0 radical (unpaired) electrons. The highest BCUT2D eigenvalue weighted by atomic mass is 35.5. The first-order valence-corrected chi connectivity index (χ1v) is 11.2. The summed E-state index contributed by atoms with van der Waals surface area (Å²) in [5.74, 6) is 0. The van der Waals surface area contributed by atoms with E-state index in [0.29, 0.717) is 18.2 Å². The Morgan fingerprint density at radius 2 is 1.66 bits per heavy atom. The Morgan fingerprint density at radius 1 is 0.938 bits per heavy atom. The number of aryl methyl sites for hydroxylation is 1. The van der Waals surface area contributed by atoms with Gasteiger partial charge in [-0.05, 0) is 48.2 Å². The SMILES string of the molecule is CCc1ccc(NC(=O)N(CCc2ccccc2)Cc2cc3ccccc3nc2Cl)cc1. The molecular weight excluding hydrogens is 418 g/mol. The highest BCUT2D eigenvalue weighted by Crippen LogP contribution is 2.22. The molecular formula is C27H26ClN3O. The molecule has 0 fully saturated rings. The molecule has 0 bridgehead atoms. The number of fused-ring (bicyclic) bond motifs is 1. The molecule has 3 aromatic carbocycles. The van der Waals surface area contributed by atoms with E-state index in [1.54, 1.807) is 4.90 Å². The molecule has 0 aliphatic carbocycles. The predicted octanol–water partition coefficient (Wildman–Crippen LogP) is 6.73. The third-order valence-electron chi connectivity index (χ3n) is 5.53. The molecule has 1 N–H and O–H groups in total. The van der Waals surface area contributed by atoms with Gasteiger partial charge in [0.2, 0.25) is 0 Å². The summed E-state index contributed by atoms with van der Waals surface area (Å²) in [5, 5.41) is 4.46. The molecule has 0 saturated heterocycles. The predicted molar refractivity (Wildman–Crippen MR) is 132 cm³/mol. The van der Waals surface area contributed by atoms with Crippen molar-refractivity contribution in [2.24, 2.45) is 0 Å². The van der Waals surface area contributed by atoms with Gasteiger partial charge in [0.25, 0.3) is 0 Å². The van der Waals surface area contributed by atoms with E-state index >= 15 is 0 Å². The molecule has 162 valence electrons. The molecule has 4 nitrogen and oxygen atoms in total. The topological polar surface area (TPSA) is 45.2 Å². The minimum atomic E-state index is -0.158. The molecule has 32 heavy (non-hydrogen) atoms. The number of halogens is 1. The van der Waals surface area contributed by atoms with Crippen molar-refractivity contribution < 1.29 is 4.79 Å². The third kappa shape index (κ3) is 5.45. The van der Waals surface area contributed by atoms with E-state index in [0.717, 1.165) is 35.0 Å². The second kappa shape index (κ2) is 10.3. The van der Waals surface area contributed by atoms with Crippen LogP contribution in [0.2, 0.25) is 5.15 Å². The number of carbonyl (C=O) groups excluding carboxylic acids is 1. The zero-order chi connectivity index (χ0) is 22.3. The monoisotopic (exact) mass is 443 g/mol. The smallest absolute Gasteiger partial charge is 0.320 e. The van der Waals surface area contributed by atoms with Gasteiger partial charge < -0.3 is 10.2 Å². The normalized spacial score (nSPS) is 10.8. The van der Waals surface area contributed by atoms with Crippen molar-refractivity contribution in [1.29, 1.82) is 0 Å². The minimum Gasteiger partial charge on any atom is -0.320 e. The summed E-state index contributed by atoms with van der Waals surface area (Å²) in [6, 6.07) is 27.8. The standard InChI is InChI=1S/C27H26ClN3O/c1-2-20-12-14-24(15-13-20)29-27(32)31(17-16-21-8-4-3-5-9-21)19-23-18-22-10-6-7-11-25(22)30-26(23)28/h3-15,18H,2,16-17,19H2,1H3,(H,29,32). The Bertz CT molecular complexity index is 1190. The van der Waals surface area contributed by atoms with Crippen molar-refractivity contribution in [3.8, 4) is 0 Å². The van der Waals surface area contributed by atoms with Crippen molar-refractivity contribution in [2.45, 2.75) is 26.3 Å². The number of aromatic nitrogens is 1. The fourth-order valence-corrected chi connectivity index (χ4v) is 3.85. The largest absolute Gasteiger partial charge is 0.322 e. The Hall–Kier alpha value is -3.37. The molecule has 4 rings (SSSR count). The van der Waals surface area contributed by atoms with Gasteiger partial charge in [0.1, 0.15) is 5.15 Å². The van der Waals surface area contributed by atoms with Gasteiger partial charge in [0.05, 0.1) is 12.1 Å². The number of para-hydroxylation sites is 1. The maximum absolute atomic E-state index is 13.2. The number of nitrogens with one attached hydrogen (secondary N) is 1. The molecule has 4 aromatic rings. The summed E-state index contributed by atoms with van der Waals surface area (Å²) in [5.41, 5.74) is 4.87. The lowest BCUT2D eigenvalue weighted by Gasteiger charge is -2.24. The lowest BCUT2D eigenvalue weighted by molar-refractivity contribution is 0.210. The average molecular weight is 444 g/mol. The van der Waals surface area contributed by atoms with Crippen LogP contribution in [0.5, 0.6) is 0 Å². The number of urea groups is 1. The van der Waals surface area contributed by atoms with Crippen LogP contribution in [0.1, 0.15) is 23.6 Å². The molecule has 5 heteroatoms. The number of benzene rings is 3. The zero-order valence-electron chi connectivity index (χ0n) is 18.1. The highest BCUT2D eigenvalue weighted by molar-refractivity contribution is 6.30. The van der Waals surface area contributed by atoms with Gasteiger partial charge in [-0.1, -0.05) is 79.2 Å². The van der Waals surface area contributed by atoms with E-state index in [1.165, 1.54) is 11.1 Å². The molecule has 2 amide bonds. The van der Waals surface area contributed by atoms with Crippen LogP contribution >= 0.6 is 11.6 Å². The first-order valence-electron chi connectivity index (χ1n) is 10.9. The van der Waals surface area contributed by atoms with E-state index in [1.807, 2.05) is 72.8 Å². The van der Waals surface area contributed by atoms with E-state index in [-0.39, 0.29) is 6.03 Å². The Morgan fingerprint density at radius 3 is 2.41 bits per heavy atom. The van der Waals surface area contributed by atoms with Gasteiger partial charge in [-0.25, -0.2) is 9.78 Å². The van der Waals surface area contributed by atoms with Crippen LogP contribution in [0, 0.1) is 0 Å². The first-order chi connectivity index (χ1) is 15.6.